The van der Waals surface area contributed by atoms with Gasteiger partial charge in [0.05, 0.1) is 6.21 Å². The third kappa shape index (κ3) is 4.89. The summed E-state index contributed by atoms with van der Waals surface area (Å²) >= 11 is 5.78. The number of amides is 1. The van der Waals surface area contributed by atoms with Crippen molar-refractivity contribution in [3.63, 3.8) is 0 Å². The zero-order chi connectivity index (χ0) is 15.1. The number of hydrogen-bond acceptors (Lipinski definition) is 4. The molecule has 108 valence electrons. The molecule has 2 aromatic rings. The molecule has 0 bridgehead atoms. The smallest absolute Gasteiger partial charge is 0.280 e. The van der Waals surface area contributed by atoms with Crippen molar-refractivity contribution < 1.29 is 9.53 Å². The highest BCUT2D eigenvalue weighted by molar-refractivity contribution is 6.30. The molecule has 21 heavy (non-hydrogen) atoms. The maximum Gasteiger partial charge on any atom is 0.280 e. The molecule has 1 atom stereocenters. The second kappa shape index (κ2) is 7.40. The number of rotatable bonds is 5. The van der Waals surface area contributed by atoms with Crippen LogP contribution in [0.5, 0.6) is 5.75 Å². The van der Waals surface area contributed by atoms with Crippen LogP contribution in [0.2, 0.25) is 5.02 Å². The predicted molar refractivity (Wildman–Crippen MR) is 81.5 cm³/mol. The number of hydrogen-bond donors (Lipinski definition) is 1. The van der Waals surface area contributed by atoms with Crippen molar-refractivity contribution in [3.8, 4) is 5.75 Å². The van der Waals surface area contributed by atoms with E-state index in [0.29, 0.717) is 10.8 Å². The lowest BCUT2D eigenvalue weighted by Gasteiger charge is -2.12. The second-order valence-corrected chi connectivity index (χ2v) is 4.67. The Balaban J connectivity index is 1.85. The van der Waals surface area contributed by atoms with Gasteiger partial charge in [0.15, 0.2) is 6.10 Å². The third-order valence-corrected chi connectivity index (χ3v) is 2.84. The Labute approximate surface area is 127 Å². The fourth-order valence-corrected chi connectivity index (χ4v) is 1.61. The van der Waals surface area contributed by atoms with Gasteiger partial charge in [-0.15, -0.1) is 0 Å². The lowest BCUT2D eigenvalue weighted by Crippen LogP contribution is -2.33. The van der Waals surface area contributed by atoms with Crippen molar-refractivity contribution in [2.24, 2.45) is 5.10 Å². The van der Waals surface area contributed by atoms with Crippen LogP contribution < -0.4 is 10.2 Å². The summed E-state index contributed by atoms with van der Waals surface area (Å²) in [4.78, 5) is 15.7. The van der Waals surface area contributed by atoms with Gasteiger partial charge in [-0.3, -0.25) is 9.78 Å². The number of hydrazone groups is 1. The number of pyridine rings is 1. The molecule has 0 radical (unpaired) electrons. The fraction of sp³-hybridized carbons (Fsp3) is 0.133. The molecule has 0 aliphatic carbocycles. The number of carbonyl (C=O) groups excluding carboxylic acids is 1. The highest BCUT2D eigenvalue weighted by Gasteiger charge is 2.13. The van der Waals surface area contributed by atoms with E-state index in [2.05, 4.69) is 15.5 Å². The van der Waals surface area contributed by atoms with E-state index in [-0.39, 0.29) is 5.91 Å². The first kappa shape index (κ1) is 15.0. The largest absolute Gasteiger partial charge is 0.481 e. The second-order valence-electron chi connectivity index (χ2n) is 4.23. The lowest BCUT2D eigenvalue weighted by atomic mass is 10.3. The predicted octanol–water partition coefficient (Wildman–Crippen LogP) is 2.65. The quantitative estimate of drug-likeness (QED) is 0.682. The van der Waals surface area contributed by atoms with Crippen LogP contribution in [0.25, 0.3) is 0 Å². The number of ether oxygens (including phenoxy) is 1. The molecule has 1 amide bonds. The number of halogens is 1. The van der Waals surface area contributed by atoms with Gasteiger partial charge in [0, 0.05) is 17.4 Å². The number of aromatic nitrogens is 1. The molecule has 0 fully saturated rings. The first-order valence-corrected chi connectivity index (χ1v) is 6.68. The van der Waals surface area contributed by atoms with Gasteiger partial charge < -0.3 is 4.74 Å². The molecule has 1 heterocycles. The summed E-state index contributed by atoms with van der Waals surface area (Å²) in [5.41, 5.74) is 3.27. The van der Waals surface area contributed by atoms with Gasteiger partial charge in [-0.1, -0.05) is 11.6 Å². The Morgan fingerprint density at radius 1 is 1.29 bits per heavy atom. The topological polar surface area (TPSA) is 63.6 Å². The molecule has 0 aliphatic rings. The Bertz CT molecular complexity index is 615. The monoisotopic (exact) mass is 303 g/mol. The molecule has 2 rings (SSSR count). The maximum atomic E-state index is 11.8. The van der Waals surface area contributed by atoms with Crippen molar-refractivity contribution in [2.75, 3.05) is 0 Å². The number of benzene rings is 1. The van der Waals surface area contributed by atoms with Crippen LogP contribution in [0.4, 0.5) is 0 Å². The average Bonchev–Trinajstić information content (AvgIpc) is 2.50. The summed E-state index contributed by atoms with van der Waals surface area (Å²) in [7, 11) is 0. The normalized spacial score (nSPS) is 12.1. The zero-order valence-corrected chi connectivity index (χ0v) is 12.1. The summed E-state index contributed by atoms with van der Waals surface area (Å²) in [6.45, 7) is 1.64. The molecule has 0 unspecified atom stereocenters. The van der Waals surface area contributed by atoms with E-state index in [4.69, 9.17) is 16.3 Å². The van der Waals surface area contributed by atoms with E-state index in [0.717, 1.165) is 5.56 Å². The summed E-state index contributed by atoms with van der Waals surface area (Å²) in [6.07, 6.45) is 4.17. The van der Waals surface area contributed by atoms with Gasteiger partial charge in [-0.05, 0) is 48.9 Å². The Morgan fingerprint density at radius 3 is 2.62 bits per heavy atom. The fourth-order valence-electron chi connectivity index (χ4n) is 1.48. The van der Waals surface area contributed by atoms with Crippen LogP contribution in [0, 0.1) is 0 Å². The van der Waals surface area contributed by atoms with E-state index in [9.17, 15) is 4.79 Å². The molecule has 0 aliphatic heterocycles. The molecular formula is C15H14ClN3O2. The minimum Gasteiger partial charge on any atom is -0.481 e. The van der Waals surface area contributed by atoms with Crippen molar-refractivity contribution in [1.82, 2.24) is 10.4 Å². The lowest BCUT2D eigenvalue weighted by molar-refractivity contribution is -0.127. The Kier molecular flexibility index (Phi) is 5.29. The molecule has 1 N–H and O–H groups in total. The van der Waals surface area contributed by atoms with Crippen molar-refractivity contribution in [3.05, 3.63) is 59.4 Å². The van der Waals surface area contributed by atoms with Crippen LogP contribution >= 0.6 is 11.6 Å². The van der Waals surface area contributed by atoms with Gasteiger partial charge in [-0.25, -0.2) is 5.43 Å². The number of nitrogens with one attached hydrogen (secondary N) is 1. The molecule has 0 saturated heterocycles. The maximum absolute atomic E-state index is 11.8. The molecular weight excluding hydrogens is 290 g/mol. The molecule has 0 spiro atoms. The molecule has 5 nitrogen and oxygen atoms in total. The highest BCUT2D eigenvalue weighted by Crippen LogP contribution is 2.16. The molecule has 6 heteroatoms. The van der Waals surface area contributed by atoms with Gasteiger partial charge in [0.25, 0.3) is 5.91 Å². The van der Waals surface area contributed by atoms with Crippen LogP contribution in [-0.4, -0.2) is 23.2 Å². The summed E-state index contributed by atoms with van der Waals surface area (Å²) < 4.78 is 5.48. The van der Waals surface area contributed by atoms with Crippen LogP contribution in [-0.2, 0) is 4.79 Å². The standard InChI is InChI=1S/C15H14ClN3O2/c1-11(21-14-4-2-13(16)3-5-14)15(20)19-18-10-12-6-8-17-9-7-12/h2-11H,1H3,(H,19,20)/b18-10-/t11-/m0/s1. The van der Waals surface area contributed by atoms with Crippen LogP contribution in [0.15, 0.2) is 53.9 Å². The van der Waals surface area contributed by atoms with E-state index in [1.165, 1.54) is 6.21 Å². The van der Waals surface area contributed by atoms with Gasteiger partial charge >= 0.3 is 0 Å². The minimum atomic E-state index is -0.666. The summed E-state index contributed by atoms with van der Waals surface area (Å²) in [5.74, 6) is 0.232. The Hall–Kier alpha value is -2.40. The first-order valence-electron chi connectivity index (χ1n) is 6.30. The molecule has 0 saturated carbocycles. The minimum absolute atomic E-state index is 0.338. The van der Waals surface area contributed by atoms with Crippen LogP contribution in [0.3, 0.4) is 0 Å². The number of carbonyl (C=O) groups is 1. The summed E-state index contributed by atoms with van der Waals surface area (Å²) in [5, 5.41) is 4.48. The van der Waals surface area contributed by atoms with Gasteiger partial charge in [0.2, 0.25) is 0 Å². The highest BCUT2D eigenvalue weighted by atomic mass is 35.5. The van der Waals surface area contributed by atoms with Gasteiger partial charge in [-0.2, -0.15) is 5.10 Å². The molecule has 1 aromatic heterocycles. The number of nitrogens with zero attached hydrogens (tertiary/aromatic N) is 2. The molecule has 1 aromatic carbocycles. The summed E-state index contributed by atoms with van der Waals surface area (Å²) in [6, 6.07) is 10.4. The van der Waals surface area contributed by atoms with E-state index < -0.39 is 6.10 Å². The zero-order valence-electron chi connectivity index (χ0n) is 11.4. The first-order chi connectivity index (χ1) is 10.1. The van der Waals surface area contributed by atoms with Crippen molar-refractivity contribution in [1.29, 1.82) is 0 Å². The SMILES string of the molecule is C[C@H](Oc1ccc(Cl)cc1)C(=O)N/N=C\c1ccncc1. The third-order valence-electron chi connectivity index (χ3n) is 2.59. The van der Waals surface area contributed by atoms with E-state index in [1.54, 1.807) is 55.7 Å². The van der Waals surface area contributed by atoms with Gasteiger partial charge in [0.1, 0.15) is 5.75 Å². The van der Waals surface area contributed by atoms with E-state index >= 15 is 0 Å². The Morgan fingerprint density at radius 2 is 1.95 bits per heavy atom. The van der Waals surface area contributed by atoms with E-state index in [1.807, 2.05) is 0 Å². The average molecular weight is 304 g/mol. The van der Waals surface area contributed by atoms with Crippen molar-refractivity contribution >= 4 is 23.7 Å². The van der Waals surface area contributed by atoms with Crippen molar-refractivity contribution in [2.45, 2.75) is 13.0 Å². The van der Waals surface area contributed by atoms with Crippen LogP contribution in [0.1, 0.15) is 12.5 Å².